The molecule has 0 aliphatic heterocycles. The fraction of sp³-hybridized carbons (Fsp3) is 0.583. The van der Waals surface area contributed by atoms with Crippen LogP contribution in [0.4, 0.5) is 9.59 Å². The van der Waals surface area contributed by atoms with Crippen LogP contribution in [0.15, 0.2) is 30.3 Å². The topological polar surface area (TPSA) is 132 Å². The number of carbonyl (C=O) groups excluding carboxylic acids is 4. The van der Waals surface area contributed by atoms with Crippen molar-refractivity contribution in [3.63, 3.8) is 0 Å². The van der Waals surface area contributed by atoms with Crippen LogP contribution in [0.1, 0.15) is 53.0 Å². The van der Waals surface area contributed by atoms with Crippen LogP contribution < -0.4 is 16.0 Å². The molecule has 1 aromatic rings. The fourth-order valence-corrected chi connectivity index (χ4v) is 2.87. The first-order valence-electron chi connectivity index (χ1n) is 11.2. The van der Waals surface area contributed by atoms with Crippen LogP contribution in [0.2, 0.25) is 0 Å². The minimum atomic E-state index is -0.983. The van der Waals surface area contributed by atoms with Gasteiger partial charge in [0.05, 0.1) is 7.11 Å². The molecule has 3 N–H and O–H groups in total. The van der Waals surface area contributed by atoms with E-state index < -0.39 is 41.7 Å². The molecule has 0 radical (unpaired) electrons. The third-order valence-electron chi connectivity index (χ3n) is 4.58. The Morgan fingerprint density at radius 1 is 0.971 bits per heavy atom. The number of methoxy groups -OCH3 is 1. The molecule has 34 heavy (non-hydrogen) atoms. The van der Waals surface area contributed by atoms with Gasteiger partial charge in [0.25, 0.3) is 0 Å². The van der Waals surface area contributed by atoms with Gasteiger partial charge in [-0.2, -0.15) is 0 Å². The summed E-state index contributed by atoms with van der Waals surface area (Å²) in [4.78, 5) is 49.0. The summed E-state index contributed by atoms with van der Waals surface area (Å²) in [7, 11) is 1.24. The molecule has 0 bridgehead atoms. The van der Waals surface area contributed by atoms with Crippen molar-refractivity contribution in [3.8, 4) is 0 Å². The Kier molecular flexibility index (Phi) is 11.9. The van der Waals surface area contributed by atoms with Gasteiger partial charge in [-0.25, -0.2) is 14.4 Å². The number of hydrogen-bond acceptors (Lipinski definition) is 7. The lowest BCUT2D eigenvalue weighted by Gasteiger charge is -2.26. The van der Waals surface area contributed by atoms with Gasteiger partial charge in [-0.15, -0.1) is 0 Å². The highest BCUT2D eigenvalue weighted by Gasteiger charge is 2.30. The van der Waals surface area contributed by atoms with Crippen molar-refractivity contribution in [2.45, 2.75) is 71.8 Å². The number of ether oxygens (including phenoxy) is 3. The fourth-order valence-electron chi connectivity index (χ4n) is 2.87. The van der Waals surface area contributed by atoms with Crippen molar-refractivity contribution in [3.05, 3.63) is 35.9 Å². The SMILES string of the molecule is COC(=O)[C@@H](NC(=O)[C@@H](CCCNC(=O)OCc1ccccc1)NC(=O)OC(C)(C)C)C(C)C. The third-order valence-corrected chi connectivity index (χ3v) is 4.58. The van der Waals surface area contributed by atoms with Crippen molar-refractivity contribution in [2.75, 3.05) is 13.7 Å². The highest BCUT2D eigenvalue weighted by molar-refractivity contribution is 5.89. The van der Waals surface area contributed by atoms with Crippen LogP contribution in [0.5, 0.6) is 0 Å². The zero-order chi connectivity index (χ0) is 25.7. The smallest absolute Gasteiger partial charge is 0.408 e. The summed E-state index contributed by atoms with van der Waals surface area (Å²) in [6.45, 7) is 9.02. The molecule has 10 nitrogen and oxygen atoms in total. The molecular formula is C24H37N3O7. The number of carbonyl (C=O) groups is 4. The predicted molar refractivity (Wildman–Crippen MR) is 126 cm³/mol. The second-order valence-corrected chi connectivity index (χ2v) is 9.08. The molecule has 190 valence electrons. The van der Waals surface area contributed by atoms with Crippen LogP contribution in [-0.4, -0.2) is 55.4 Å². The van der Waals surface area contributed by atoms with Crippen molar-refractivity contribution in [2.24, 2.45) is 5.92 Å². The largest absolute Gasteiger partial charge is 0.467 e. The zero-order valence-corrected chi connectivity index (χ0v) is 20.8. The van der Waals surface area contributed by atoms with E-state index >= 15 is 0 Å². The van der Waals surface area contributed by atoms with E-state index in [0.717, 1.165) is 5.56 Å². The Hall–Kier alpha value is -3.30. The average molecular weight is 480 g/mol. The molecule has 0 spiro atoms. The summed E-state index contributed by atoms with van der Waals surface area (Å²) in [5, 5.41) is 7.78. The van der Waals surface area contributed by atoms with Crippen molar-refractivity contribution in [1.29, 1.82) is 0 Å². The summed E-state index contributed by atoms with van der Waals surface area (Å²) in [6, 6.07) is 7.41. The molecule has 1 aromatic carbocycles. The van der Waals surface area contributed by atoms with Crippen LogP contribution in [0.25, 0.3) is 0 Å². The standard InChI is InChI=1S/C24H37N3O7/c1-16(2)19(21(29)32-6)27-20(28)18(26-23(31)34-24(3,4)5)13-10-14-25-22(30)33-15-17-11-8-7-9-12-17/h7-9,11-12,16,18-19H,10,13-15H2,1-6H3,(H,25,30)(H,26,31)(H,27,28)/t18-,19+/m1/s1. The minimum Gasteiger partial charge on any atom is -0.467 e. The summed E-state index contributed by atoms with van der Waals surface area (Å²) in [5.41, 5.74) is 0.114. The number of rotatable bonds is 11. The molecule has 2 atom stereocenters. The third kappa shape index (κ3) is 11.5. The van der Waals surface area contributed by atoms with Gasteiger partial charge in [-0.3, -0.25) is 4.79 Å². The van der Waals surface area contributed by atoms with Gasteiger partial charge in [0.1, 0.15) is 24.3 Å². The average Bonchev–Trinajstić information content (AvgIpc) is 2.76. The second-order valence-electron chi connectivity index (χ2n) is 9.08. The number of hydrogen-bond donors (Lipinski definition) is 3. The highest BCUT2D eigenvalue weighted by atomic mass is 16.6. The summed E-state index contributed by atoms with van der Waals surface area (Å²) in [6.07, 6.45) is -0.799. The van der Waals surface area contributed by atoms with Gasteiger partial charge in [0, 0.05) is 6.54 Å². The first-order valence-corrected chi connectivity index (χ1v) is 11.2. The molecule has 0 saturated carbocycles. The van der Waals surface area contributed by atoms with Crippen LogP contribution in [0.3, 0.4) is 0 Å². The Balaban J connectivity index is 2.65. The monoisotopic (exact) mass is 479 g/mol. The number of alkyl carbamates (subject to hydrolysis) is 2. The minimum absolute atomic E-state index is 0.141. The molecule has 10 heteroatoms. The molecule has 0 unspecified atom stereocenters. The van der Waals surface area contributed by atoms with Gasteiger partial charge in [-0.05, 0) is 45.1 Å². The second kappa shape index (κ2) is 14.1. The first-order chi connectivity index (χ1) is 15.9. The molecule has 0 saturated heterocycles. The Morgan fingerprint density at radius 2 is 1.62 bits per heavy atom. The molecular weight excluding hydrogens is 442 g/mol. The first kappa shape index (κ1) is 28.7. The van der Waals surface area contributed by atoms with E-state index in [1.54, 1.807) is 34.6 Å². The lowest BCUT2D eigenvalue weighted by molar-refractivity contribution is -0.146. The van der Waals surface area contributed by atoms with Crippen molar-refractivity contribution >= 4 is 24.1 Å². The predicted octanol–water partition coefficient (Wildman–Crippen LogP) is 2.90. The van der Waals surface area contributed by atoms with Crippen molar-refractivity contribution in [1.82, 2.24) is 16.0 Å². The maximum atomic E-state index is 12.9. The van der Waals surface area contributed by atoms with Gasteiger partial charge in [-0.1, -0.05) is 44.2 Å². The number of nitrogens with one attached hydrogen (secondary N) is 3. The normalized spacial score (nSPS) is 12.8. The van der Waals surface area contributed by atoms with E-state index in [9.17, 15) is 19.2 Å². The molecule has 3 amide bonds. The maximum absolute atomic E-state index is 12.9. The van der Waals surface area contributed by atoms with Crippen molar-refractivity contribution < 1.29 is 33.4 Å². The lowest BCUT2D eigenvalue weighted by Crippen LogP contribution is -2.54. The van der Waals surface area contributed by atoms with Gasteiger partial charge in [0.15, 0.2) is 0 Å². The van der Waals surface area contributed by atoms with E-state index in [-0.39, 0.29) is 25.5 Å². The number of amides is 3. The molecule has 0 aromatic heterocycles. The zero-order valence-electron chi connectivity index (χ0n) is 20.8. The lowest BCUT2D eigenvalue weighted by atomic mass is 10.0. The highest BCUT2D eigenvalue weighted by Crippen LogP contribution is 2.09. The Bertz CT molecular complexity index is 807. The quantitative estimate of drug-likeness (QED) is 0.253. The van der Waals surface area contributed by atoms with E-state index in [0.29, 0.717) is 6.42 Å². The molecule has 0 aliphatic carbocycles. The van der Waals surface area contributed by atoms with Crippen LogP contribution in [-0.2, 0) is 30.4 Å². The molecule has 0 heterocycles. The van der Waals surface area contributed by atoms with Gasteiger partial charge in [0.2, 0.25) is 5.91 Å². The molecule has 0 aliphatic rings. The van der Waals surface area contributed by atoms with Crippen LogP contribution in [0, 0.1) is 5.92 Å². The summed E-state index contributed by atoms with van der Waals surface area (Å²) < 4.78 is 15.1. The Labute approximate surface area is 201 Å². The van der Waals surface area contributed by atoms with Crippen LogP contribution >= 0.6 is 0 Å². The Morgan fingerprint density at radius 3 is 2.18 bits per heavy atom. The number of benzene rings is 1. The maximum Gasteiger partial charge on any atom is 0.408 e. The van der Waals surface area contributed by atoms with E-state index in [1.165, 1.54) is 7.11 Å². The summed E-state index contributed by atoms with van der Waals surface area (Å²) in [5.74, 6) is -1.36. The molecule has 0 fully saturated rings. The van der Waals surface area contributed by atoms with E-state index in [1.807, 2.05) is 30.3 Å². The van der Waals surface area contributed by atoms with Gasteiger partial charge < -0.3 is 30.2 Å². The molecule has 1 rings (SSSR count). The van der Waals surface area contributed by atoms with Gasteiger partial charge >= 0.3 is 18.2 Å². The summed E-state index contributed by atoms with van der Waals surface area (Å²) >= 11 is 0. The number of esters is 1. The van der Waals surface area contributed by atoms with E-state index in [4.69, 9.17) is 14.2 Å². The van der Waals surface area contributed by atoms with E-state index in [2.05, 4.69) is 16.0 Å².